The van der Waals surface area contributed by atoms with Crippen molar-refractivity contribution < 1.29 is 19.2 Å². The molecule has 2 atom stereocenters. The molecule has 0 aromatic heterocycles. The molecule has 2 N–H and O–H groups in total. The van der Waals surface area contributed by atoms with Gasteiger partial charge in [-0.1, -0.05) is 28.7 Å². The highest BCUT2D eigenvalue weighted by Gasteiger charge is 2.35. The zero-order valence-corrected chi connectivity index (χ0v) is 15.5. The lowest BCUT2D eigenvalue weighted by Gasteiger charge is -2.28. The molecule has 1 aliphatic rings. The number of nitrogens with one attached hydrogen (secondary N) is 2. The topological polar surface area (TPSA) is 95.6 Å². The van der Waals surface area contributed by atoms with Gasteiger partial charge in [-0.25, -0.2) is 0 Å². The first-order valence-electron chi connectivity index (χ1n) is 7.46. The zero-order chi connectivity index (χ0) is 17.9. The third-order valence-electron chi connectivity index (χ3n) is 3.73. The molecule has 0 spiro atoms. The van der Waals surface area contributed by atoms with E-state index in [0.29, 0.717) is 17.5 Å². The van der Waals surface area contributed by atoms with Crippen LogP contribution in [0.4, 0.5) is 5.69 Å². The molecule has 2 rings (SSSR count). The van der Waals surface area contributed by atoms with E-state index in [2.05, 4.69) is 33.2 Å². The molecule has 1 heterocycles. The number of piperidine rings is 1. The second kappa shape index (κ2) is 7.73. The van der Waals surface area contributed by atoms with Gasteiger partial charge in [-0.2, -0.15) is 0 Å². The van der Waals surface area contributed by atoms with E-state index in [4.69, 9.17) is 0 Å². The van der Waals surface area contributed by atoms with Gasteiger partial charge in [0, 0.05) is 17.7 Å². The number of benzene rings is 1. The van der Waals surface area contributed by atoms with Crippen molar-refractivity contribution in [2.45, 2.75) is 36.8 Å². The second-order valence-corrected chi connectivity index (χ2v) is 7.44. The van der Waals surface area contributed by atoms with Gasteiger partial charge in [-0.15, -0.1) is 0 Å². The van der Waals surface area contributed by atoms with Crippen LogP contribution in [-0.4, -0.2) is 39.1 Å². The smallest absolute Gasteiger partial charge is 0.261 e. The highest BCUT2D eigenvalue weighted by Crippen LogP contribution is 2.21. The Morgan fingerprint density at radius 2 is 2.17 bits per heavy atom. The van der Waals surface area contributed by atoms with Crippen molar-refractivity contribution in [1.82, 2.24) is 10.2 Å². The molecule has 8 heteroatoms. The van der Waals surface area contributed by atoms with E-state index in [1.165, 1.54) is 0 Å². The van der Waals surface area contributed by atoms with Gasteiger partial charge in [0.1, 0.15) is 6.04 Å². The van der Waals surface area contributed by atoms with Gasteiger partial charge in [0.05, 0.1) is 4.05 Å². The number of hydrogen-bond donors (Lipinski definition) is 2. The average molecular weight is 443 g/mol. The van der Waals surface area contributed by atoms with Crippen LogP contribution < -0.4 is 10.6 Å². The van der Waals surface area contributed by atoms with E-state index >= 15 is 0 Å². The number of imide groups is 2. The van der Waals surface area contributed by atoms with E-state index in [1.807, 2.05) is 13.0 Å². The van der Waals surface area contributed by atoms with Crippen LogP contribution in [0.1, 0.15) is 35.7 Å². The number of aryl methyl sites for hydroxylation is 1. The Balaban J connectivity index is 2.29. The van der Waals surface area contributed by atoms with Crippen LogP contribution in [0.5, 0.6) is 0 Å². The first-order chi connectivity index (χ1) is 11.3. The summed E-state index contributed by atoms with van der Waals surface area (Å²) in [5.41, 5.74) is 1.79. The molecule has 1 aliphatic heterocycles. The summed E-state index contributed by atoms with van der Waals surface area (Å²) in [7, 11) is 0. The van der Waals surface area contributed by atoms with Crippen LogP contribution in [0, 0.1) is 6.92 Å². The molecule has 1 aromatic carbocycles. The van der Waals surface area contributed by atoms with Gasteiger partial charge in [-0.05, 0) is 38.0 Å². The number of carbonyl (C=O) groups excluding carboxylic acids is 4. The van der Waals surface area contributed by atoms with Gasteiger partial charge < -0.3 is 5.32 Å². The first kappa shape index (κ1) is 18.4. The Morgan fingerprint density at radius 1 is 1.46 bits per heavy atom. The SMILES string of the molecule is Cc1ccc(NC(C)I)cc1C(=O)N(C=O)C1CCC(=O)NC1=O. The Kier molecular flexibility index (Phi) is 5.92. The molecule has 0 bridgehead atoms. The van der Waals surface area contributed by atoms with Gasteiger partial charge in [0.2, 0.25) is 18.2 Å². The fourth-order valence-corrected chi connectivity index (χ4v) is 2.88. The molecule has 24 heavy (non-hydrogen) atoms. The van der Waals surface area contributed by atoms with Crippen LogP contribution in [0.15, 0.2) is 18.2 Å². The van der Waals surface area contributed by atoms with E-state index in [0.717, 1.165) is 10.6 Å². The number of carbonyl (C=O) groups is 4. The minimum atomic E-state index is -0.966. The Hall–Kier alpha value is -1.97. The van der Waals surface area contributed by atoms with Gasteiger partial charge in [0.25, 0.3) is 5.91 Å². The standard InChI is InChI=1S/C16H18IN3O4/c1-9-3-4-11(18-10(2)17)7-12(9)16(24)20(8-21)13-5-6-14(22)19-15(13)23/h3-4,7-8,10,13,18H,5-6H2,1-2H3,(H,19,22,23). The van der Waals surface area contributed by atoms with Crippen LogP contribution in [-0.2, 0) is 14.4 Å². The Labute approximate surface area is 153 Å². The van der Waals surface area contributed by atoms with Crippen LogP contribution in [0.3, 0.4) is 0 Å². The predicted octanol–water partition coefficient (Wildman–Crippen LogP) is 1.59. The van der Waals surface area contributed by atoms with E-state index in [-0.39, 0.29) is 16.9 Å². The molecular weight excluding hydrogens is 425 g/mol. The highest BCUT2D eigenvalue weighted by molar-refractivity contribution is 14.1. The predicted molar refractivity (Wildman–Crippen MR) is 96.7 cm³/mol. The highest BCUT2D eigenvalue weighted by atomic mass is 127. The minimum absolute atomic E-state index is 0.0982. The van der Waals surface area contributed by atoms with Crippen molar-refractivity contribution in [3.8, 4) is 0 Å². The summed E-state index contributed by atoms with van der Waals surface area (Å²) in [6.45, 7) is 3.72. The van der Waals surface area contributed by atoms with Crippen LogP contribution >= 0.6 is 22.6 Å². The Bertz CT molecular complexity index is 690. The minimum Gasteiger partial charge on any atom is -0.374 e. The number of halogens is 1. The van der Waals surface area contributed by atoms with E-state index in [1.54, 1.807) is 19.1 Å². The lowest BCUT2D eigenvalue weighted by atomic mass is 10.0. The third kappa shape index (κ3) is 4.11. The number of hydrogen-bond acceptors (Lipinski definition) is 5. The quantitative estimate of drug-likeness (QED) is 0.237. The van der Waals surface area contributed by atoms with Crippen LogP contribution in [0.2, 0.25) is 0 Å². The van der Waals surface area contributed by atoms with Gasteiger partial charge in [-0.3, -0.25) is 29.4 Å². The maximum absolute atomic E-state index is 12.8. The lowest BCUT2D eigenvalue weighted by Crippen LogP contribution is -2.53. The zero-order valence-electron chi connectivity index (χ0n) is 13.3. The third-order valence-corrected chi connectivity index (χ3v) is 4.04. The van der Waals surface area contributed by atoms with E-state index < -0.39 is 23.8 Å². The van der Waals surface area contributed by atoms with Crippen molar-refractivity contribution in [2.24, 2.45) is 0 Å². The fourth-order valence-electron chi connectivity index (χ4n) is 2.52. The molecule has 7 nitrogen and oxygen atoms in total. The van der Waals surface area contributed by atoms with Crippen molar-refractivity contribution in [1.29, 1.82) is 0 Å². The molecule has 4 amide bonds. The molecule has 0 radical (unpaired) electrons. The first-order valence-corrected chi connectivity index (χ1v) is 8.71. The summed E-state index contributed by atoms with van der Waals surface area (Å²) < 4.78 is 0.158. The van der Waals surface area contributed by atoms with Crippen molar-refractivity contribution in [3.05, 3.63) is 29.3 Å². The Morgan fingerprint density at radius 3 is 2.75 bits per heavy atom. The fraction of sp³-hybridized carbons (Fsp3) is 0.375. The number of rotatable bonds is 5. The summed E-state index contributed by atoms with van der Waals surface area (Å²) in [6, 6.07) is 4.32. The number of alkyl halides is 1. The maximum Gasteiger partial charge on any atom is 0.261 e. The van der Waals surface area contributed by atoms with Crippen molar-refractivity contribution >= 4 is 52.4 Å². The summed E-state index contributed by atoms with van der Waals surface area (Å²) in [5.74, 6) is -1.57. The van der Waals surface area contributed by atoms with Gasteiger partial charge >= 0.3 is 0 Å². The number of anilines is 1. The van der Waals surface area contributed by atoms with Gasteiger partial charge in [0.15, 0.2) is 0 Å². The molecule has 1 aromatic rings. The summed E-state index contributed by atoms with van der Waals surface area (Å²) in [4.78, 5) is 48.2. The largest absolute Gasteiger partial charge is 0.374 e. The molecule has 2 unspecified atom stereocenters. The van der Waals surface area contributed by atoms with Crippen LogP contribution in [0.25, 0.3) is 0 Å². The summed E-state index contributed by atoms with van der Waals surface area (Å²) in [6.07, 6.45) is 0.584. The molecule has 1 fully saturated rings. The summed E-state index contributed by atoms with van der Waals surface area (Å²) in [5, 5.41) is 5.34. The molecule has 128 valence electrons. The number of amides is 4. The summed E-state index contributed by atoms with van der Waals surface area (Å²) >= 11 is 2.20. The molecule has 1 saturated heterocycles. The normalized spacial score (nSPS) is 18.5. The molecule has 0 aliphatic carbocycles. The molecule has 0 saturated carbocycles. The van der Waals surface area contributed by atoms with Crippen molar-refractivity contribution in [3.63, 3.8) is 0 Å². The maximum atomic E-state index is 12.8. The number of nitrogens with zero attached hydrogens (tertiary/aromatic N) is 1. The van der Waals surface area contributed by atoms with E-state index in [9.17, 15) is 19.2 Å². The second-order valence-electron chi connectivity index (χ2n) is 5.57. The van der Waals surface area contributed by atoms with Crippen molar-refractivity contribution in [2.75, 3.05) is 5.32 Å². The lowest BCUT2D eigenvalue weighted by molar-refractivity contribution is -0.139. The monoisotopic (exact) mass is 443 g/mol. The average Bonchev–Trinajstić information content (AvgIpc) is 2.51. The molecular formula is C16H18IN3O4.